The van der Waals surface area contributed by atoms with Crippen LogP contribution in [-0.2, 0) is 15.3 Å². The molecular formula is C13H19NO4S. The van der Waals surface area contributed by atoms with Crippen molar-refractivity contribution in [2.24, 2.45) is 5.73 Å². The van der Waals surface area contributed by atoms with E-state index in [-0.39, 0.29) is 5.97 Å². The lowest BCUT2D eigenvalue weighted by atomic mass is 10.2. The summed E-state index contributed by atoms with van der Waals surface area (Å²) in [5, 5.41) is 0. The number of rotatable bonds is 7. The molecule has 0 aliphatic carbocycles. The highest BCUT2D eigenvalue weighted by Gasteiger charge is 2.13. The van der Waals surface area contributed by atoms with Crippen LogP contribution in [0.15, 0.2) is 18.2 Å². The SMILES string of the molecule is COC(=O)C(N)CSCc1ccc(OC)c(OC)c1. The number of thioether (sulfide) groups is 1. The lowest BCUT2D eigenvalue weighted by molar-refractivity contribution is -0.141. The molecule has 19 heavy (non-hydrogen) atoms. The molecule has 1 unspecified atom stereocenters. The Morgan fingerprint density at radius 1 is 1.26 bits per heavy atom. The molecule has 0 saturated carbocycles. The van der Waals surface area contributed by atoms with Crippen molar-refractivity contribution < 1.29 is 19.0 Å². The highest BCUT2D eigenvalue weighted by Crippen LogP contribution is 2.29. The molecule has 6 heteroatoms. The van der Waals surface area contributed by atoms with Crippen LogP contribution in [0.4, 0.5) is 0 Å². The van der Waals surface area contributed by atoms with Crippen molar-refractivity contribution in [3.63, 3.8) is 0 Å². The third-order valence-corrected chi connectivity index (χ3v) is 3.65. The quantitative estimate of drug-likeness (QED) is 0.764. The smallest absolute Gasteiger partial charge is 0.323 e. The Bertz CT molecular complexity index is 425. The molecule has 0 aliphatic heterocycles. The van der Waals surface area contributed by atoms with E-state index in [0.29, 0.717) is 17.3 Å². The first-order valence-corrected chi connectivity index (χ1v) is 6.90. The fourth-order valence-corrected chi connectivity index (χ4v) is 2.42. The topological polar surface area (TPSA) is 70.8 Å². The van der Waals surface area contributed by atoms with Gasteiger partial charge in [0.15, 0.2) is 11.5 Å². The fraction of sp³-hybridized carbons (Fsp3) is 0.462. The molecule has 0 fully saturated rings. The minimum atomic E-state index is -0.588. The number of benzene rings is 1. The number of carbonyl (C=O) groups excluding carboxylic acids is 1. The normalized spacial score (nSPS) is 11.8. The van der Waals surface area contributed by atoms with Crippen molar-refractivity contribution in [3.05, 3.63) is 23.8 Å². The van der Waals surface area contributed by atoms with E-state index in [1.54, 1.807) is 26.0 Å². The van der Waals surface area contributed by atoms with Gasteiger partial charge >= 0.3 is 5.97 Å². The molecule has 0 bridgehead atoms. The van der Waals surface area contributed by atoms with Gasteiger partial charge in [0.2, 0.25) is 0 Å². The number of esters is 1. The molecule has 0 spiro atoms. The van der Waals surface area contributed by atoms with Crippen LogP contribution >= 0.6 is 11.8 Å². The first kappa shape index (κ1) is 15.7. The standard InChI is InChI=1S/C13H19NO4S/c1-16-11-5-4-9(6-12(11)17-2)7-19-8-10(14)13(15)18-3/h4-6,10H,7-8,14H2,1-3H3. The van der Waals surface area contributed by atoms with Crippen LogP contribution in [0.2, 0.25) is 0 Å². The number of ether oxygens (including phenoxy) is 3. The van der Waals surface area contributed by atoms with E-state index in [2.05, 4.69) is 4.74 Å². The van der Waals surface area contributed by atoms with Crippen LogP contribution in [0.25, 0.3) is 0 Å². The second kappa shape index (κ2) is 7.91. The van der Waals surface area contributed by atoms with Gasteiger partial charge < -0.3 is 19.9 Å². The zero-order valence-corrected chi connectivity index (χ0v) is 12.2. The molecule has 0 aromatic heterocycles. The van der Waals surface area contributed by atoms with Gasteiger partial charge in [0.05, 0.1) is 21.3 Å². The Morgan fingerprint density at radius 3 is 2.53 bits per heavy atom. The van der Waals surface area contributed by atoms with Gasteiger partial charge in [-0.15, -0.1) is 0 Å². The minimum Gasteiger partial charge on any atom is -0.493 e. The summed E-state index contributed by atoms with van der Waals surface area (Å²) in [6, 6.07) is 5.14. The summed E-state index contributed by atoms with van der Waals surface area (Å²) in [5.74, 6) is 2.26. The van der Waals surface area contributed by atoms with Crippen LogP contribution in [-0.4, -0.2) is 39.1 Å². The molecule has 0 amide bonds. The van der Waals surface area contributed by atoms with E-state index in [4.69, 9.17) is 15.2 Å². The Hall–Kier alpha value is -1.40. The van der Waals surface area contributed by atoms with Crippen LogP contribution in [0.1, 0.15) is 5.56 Å². The Labute approximate surface area is 117 Å². The third kappa shape index (κ3) is 4.65. The van der Waals surface area contributed by atoms with E-state index < -0.39 is 6.04 Å². The van der Waals surface area contributed by atoms with Crippen molar-refractivity contribution in [2.45, 2.75) is 11.8 Å². The third-order valence-electron chi connectivity index (χ3n) is 2.52. The Kier molecular flexibility index (Phi) is 6.52. The monoisotopic (exact) mass is 285 g/mol. The molecule has 1 atom stereocenters. The fourth-order valence-electron chi connectivity index (χ4n) is 1.49. The van der Waals surface area contributed by atoms with Crippen molar-refractivity contribution in [1.29, 1.82) is 0 Å². The Morgan fingerprint density at radius 2 is 1.95 bits per heavy atom. The number of methoxy groups -OCH3 is 3. The van der Waals surface area contributed by atoms with Crippen LogP contribution in [0.5, 0.6) is 11.5 Å². The maximum atomic E-state index is 11.1. The molecule has 0 radical (unpaired) electrons. The number of hydrogen-bond donors (Lipinski definition) is 1. The number of hydrogen-bond acceptors (Lipinski definition) is 6. The van der Waals surface area contributed by atoms with E-state index in [1.807, 2.05) is 18.2 Å². The predicted molar refractivity (Wildman–Crippen MR) is 75.7 cm³/mol. The predicted octanol–water partition coefficient (Wildman–Crippen LogP) is 1.44. The van der Waals surface area contributed by atoms with Crippen molar-refractivity contribution in [3.8, 4) is 11.5 Å². The summed E-state index contributed by atoms with van der Waals surface area (Å²) in [6.07, 6.45) is 0. The van der Waals surface area contributed by atoms with Gasteiger partial charge in [0, 0.05) is 11.5 Å². The lowest BCUT2D eigenvalue weighted by Crippen LogP contribution is -2.33. The Balaban J connectivity index is 2.52. The summed E-state index contributed by atoms with van der Waals surface area (Å²) >= 11 is 1.57. The van der Waals surface area contributed by atoms with E-state index >= 15 is 0 Å². The van der Waals surface area contributed by atoms with E-state index in [0.717, 1.165) is 11.3 Å². The zero-order chi connectivity index (χ0) is 14.3. The summed E-state index contributed by atoms with van der Waals surface area (Å²) < 4.78 is 15.0. The van der Waals surface area contributed by atoms with E-state index in [1.165, 1.54) is 7.11 Å². The minimum absolute atomic E-state index is 0.389. The zero-order valence-electron chi connectivity index (χ0n) is 11.3. The van der Waals surface area contributed by atoms with Crippen molar-refractivity contribution >= 4 is 17.7 Å². The van der Waals surface area contributed by atoms with Gasteiger partial charge in [-0.3, -0.25) is 4.79 Å². The molecular weight excluding hydrogens is 266 g/mol. The molecule has 1 rings (SSSR count). The van der Waals surface area contributed by atoms with Gasteiger partial charge in [0.1, 0.15) is 6.04 Å². The van der Waals surface area contributed by atoms with Gasteiger partial charge in [0.25, 0.3) is 0 Å². The average Bonchev–Trinajstić information content (AvgIpc) is 2.45. The summed E-state index contributed by atoms with van der Waals surface area (Å²) in [6.45, 7) is 0. The van der Waals surface area contributed by atoms with Crippen molar-refractivity contribution in [1.82, 2.24) is 0 Å². The van der Waals surface area contributed by atoms with Gasteiger partial charge in [-0.05, 0) is 17.7 Å². The molecule has 0 heterocycles. The second-order valence-electron chi connectivity index (χ2n) is 3.83. The van der Waals surface area contributed by atoms with Crippen LogP contribution in [0.3, 0.4) is 0 Å². The first-order chi connectivity index (χ1) is 9.12. The maximum Gasteiger partial charge on any atom is 0.323 e. The molecule has 0 saturated heterocycles. The number of nitrogens with two attached hydrogens (primary N) is 1. The maximum absolute atomic E-state index is 11.1. The van der Waals surface area contributed by atoms with Crippen LogP contribution < -0.4 is 15.2 Å². The van der Waals surface area contributed by atoms with Gasteiger partial charge in [-0.25, -0.2) is 0 Å². The molecule has 1 aromatic rings. The number of carbonyl (C=O) groups is 1. The average molecular weight is 285 g/mol. The second-order valence-corrected chi connectivity index (χ2v) is 4.86. The highest BCUT2D eigenvalue weighted by molar-refractivity contribution is 7.98. The lowest BCUT2D eigenvalue weighted by Gasteiger charge is -2.11. The highest BCUT2D eigenvalue weighted by atomic mass is 32.2. The van der Waals surface area contributed by atoms with Gasteiger partial charge in [-0.2, -0.15) is 11.8 Å². The van der Waals surface area contributed by atoms with E-state index in [9.17, 15) is 4.79 Å². The molecule has 5 nitrogen and oxygen atoms in total. The van der Waals surface area contributed by atoms with Crippen LogP contribution in [0, 0.1) is 0 Å². The largest absolute Gasteiger partial charge is 0.493 e. The summed E-state index contributed by atoms with van der Waals surface area (Å²) in [5.41, 5.74) is 6.74. The molecule has 0 aliphatic rings. The molecule has 1 aromatic carbocycles. The first-order valence-electron chi connectivity index (χ1n) is 5.74. The molecule has 2 N–H and O–H groups in total. The van der Waals surface area contributed by atoms with Crippen molar-refractivity contribution in [2.75, 3.05) is 27.1 Å². The summed E-state index contributed by atoms with van der Waals surface area (Å²) in [4.78, 5) is 11.1. The molecule has 106 valence electrons. The van der Waals surface area contributed by atoms with Gasteiger partial charge in [-0.1, -0.05) is 6.07 Å². The summed E-state index contributed by atoms with van der Waals surface area (Å²) in [7, 11) is 4.53.